The second kappa shape index (κ2) is 5.69. The van der Waals surface area contributed by atoms with Gasteiger partial charge in [-0.1, -0.05) is 25.1 Å². The first-order valence-electron chi connectivity index (χ1n) is 6.87. The van der Waals surface area contributed by atoms with Crippen LogP contribution in [0.3, 0.4) is 0 Å². The molecule has 5 heteroatoms. The van der Waals surface area contributed by atoms with Crippen LogP contribution >= 0.6 is 11.3 Å². The Morgan fingerprint density at radius 1 is 1.38 bits per heavy atom. The standard InChI is InChI=1S/C16H16N2O2S/c1-3-8-18-15(12(20-2)10-17-18)16(19)14-9-11-6-4-5-7-13(11)21-14/h4-7,9-10H,3,8H2,1-2H3. The van der Waals surface area contributed by atoms with E-state index in [9.17, 15) is 4.79 Å². The molecule has 0 atom stereocenters. The monoisotopic (exact) mass is 300 g/mol. The van der Waals surface area contributed by atoms with Crippen molar-refractivity contribution < 1.29 is 9.53 Å². The molecule has 1 aromatic carbocycles. The molecule has 0 fully saturated rings. The van der Waals surface area contributed by atoms with Crippen molar-refractivity contribution in [1.29, 1.82) is 0 Å². The highest BCUT2D eigenvalue weighted by molar-refractivity contribution is 7.21. The molecule has 0 bridgehead atoms. The smallest absolute Gasteiger partial charge is 0.224 e. The van der Waals surface area contributed by atoms with Crippen molar-refractivity contribution in [2.75, 3.05) is 7.11 Å². The van der Waals surface area contributed by atoms with Crippen molar-refractivity contribution in [2.45, 2.75) is 19.9 Å². The minimum atomic E-state index is -0.0287. The summed E-state index contributed by atoms with van der Waals surface area (Å²) in [5, 5.41) is 5.34. The highest BCUT2D eigenvalue weighted by Crippen LogP contribution is 2.29. The summed E-state index contributed by atoms with van der Waals surface area (Å²) in [5.41, 5.74) is 0.533. The van der Waals surface area contributed by atoms with Crippen molar-refractivity contribution >= 4 is 27.2 Å². The fraction of sp³-hybridized carbons (Fsp3) is 0.250. The average molecular weight is 300 g/mol. The van der Waals surface area contributed by atoms with E-state index in [0.29, 0.717) is 22.9 Å². The Morgan fingerprint density at radius 2 is 2.19 bits per heavy atom. The lowest BCUT2D eigenvalue weighted by atomic mass is 10.2. The number of rotatable bonds is 5. The summed E-state index contributed by atoms with van der Waals surface area (Å²) in [6, 6.07) is 9.94. The van der Waals surface area contributed by atoms with Gasteiger partial charge < -0.3 is 4.74 Å². The lowest BCUT2D eigenvalue weighted by molar-refractivity contribution is 0.102. The first kappa shape index (κ1) is 13.8. The maximum Gasteiger partial charge on any atom is 0.224 e. The van der Waals surface area contributed by atoms with Crippen molar-refractivity contribution in [1.82, 2.24) is 9.78 Å². The number of hydrogen-bond acceptors (Lipinski definition) is 4. The van der Waals surface area contributed by atoms with E-state index < -0.39 is 0 Å². The summed E-state index contributed by atoms with van der Waals surface area (Å²) in [4.78, 5) is 13.5. The third kappa shape index (κ3) is 2.45. The van der Waals surface area contributed by atoms with Gasteiger partial charge in [0.25, 0.3) is 0 Å². The Hall–Kier alpha value is -2.14. The van der Waals surface area contributed by atoms with Crippen molar-refractivity contribution in [2.24, 2.45) is 0 Å². The van der Waals surface area contributed by atoms with E-state index in [1.807, 2.05) is 30.3 Å². The van der Waals surface area contributed by atoms with Crippen molar-refractivity contribution in [3.05, 3.63) is 47.1 Å². The molecule has 0 saturated carbocycles. The molecule has 0 radical (unpaired) electrons. The minimum absolute atomic E-state index is 0.0287. The first-order valence-corrected chi connectivity index (χ1v) is 7.69. The van der Waals surface area contributed by atoms with Crippen LogP contribution in [0.4, 0.5) is 0 Å². The van der Waals surface area contributed by atoms with Gasteiger partial charge in [-0.2, -0.15) is 5.10 Å². The topological polar surface area (TPSA) is 44.1 Å². The molecule has 3 aromatic rings. The van der Waals surface area contributed by atoms with Crippen LogP contribution in [0.25, 0.3) is 10.1 Å². The fourth-order valence-corrected chi connectivity index (χ4v) is 3.34. The Balaban J connectivity index is 2.06. The molecular formula is C16H16N2O2S. The number of aryl methyl sites for hydroxylation is 1. The first-order chi connectivity index (χ1) is 10.2. The summed E-state index contributed by atoms with van der Waals surface area (Å²) >= 11 is 1.50. The van der Waals surface area contributed by atoms with Crippen LogP contribution in [-0.4, -0.2) is 22.7 Å². The highest BCUT2D eigenvalue weighted by atomic mass is 32.1. The van der Waals surface area contributed by atoms with Gasteiger partial charge in [0.1, 0.15) is 0 Å². The van der Waals surface area contributed by atoms with Gasteiger partial charge >= 0.3 is 0 Å². The molecule has 21 heavy (non-hydrogen) atoms. The zero-order valence-electron chi connectivity index (χ0n) is 12.0. The summed E-state index contributed by atoms with van der Waals surface area (Å²) in [6.45, 7) is 2.76. The van der Waals surface area contributed by atoms with E-state index >= 15 is 0 Å². The molecule has 2 heterocycles. The predicted molar refractivity (Wildman–Crippen MR) is 84.3 cm³/mol. The molecule has 0 unspecified atom stereocenters. The summed E-state index contributed by atoms with van der Waals surface area (Å²) in [7, 11) is 1.56. The lowest BCUT2D eigenvalue weighted by Crippen LogP contribution is -2.11. The van der Waals surface area contributed by atoms with Gasteiger partial charge in [0.15, 0.2) is 11.4 Å². The van der Waals surface area contributed by atoms with Crippen LogP contribution < -0.4 is 4.74 Å². The molecule has 0 aliphatic heterocycles. The van der Waals surface area contributed by atoms with Gasteiger partial charge in [-0.25, -0.2) is 0 Å². The number of ether oxygens (including phenoxy) is 1. The SMILES string of the molecule is CCCn1ncc(OC)c1C(=O)c1cc2ccccc2s1. The molecule has 0 aliphatic carbocycles. The number of ketones is 1. The average Bonchev–Trinajstić information content (AvgIpc) is 3.10. The summed E-state index contributed by atoms with van der Waals surface area (Å²) < 4.78 is 8.13. The van der Waals surface area contributed by atoms with Gasteiger partial charge in [-0.05, 0) is 23.9 Å². The van der Waals surface area contributed by atoms with Gasteiger partial charge in [-0.15, -0.1) is 11.3 Å². The van der Waals surface area contributed by atoms with Crippen LogP contribution in [0.1, 0.15) is 28.7 Å². The lowest BCUT2D eigenvalue weighted by Gasteiger charge is -2.05. The van der Waals surface area contributed by atoms with Gasteiger partial charge in [0.05, 0.1) is 18.2 Å². The molecule has 0 aliphatic rings. The molecule has 0 saturated heterocycles. The van der Waals surface area contributed by atoms with E-state index in [-0.39, 0.29) is 5.78 Å². The number of benzene rings is 1. The van der Waals surface area contributed by atoms with Crippen molar-refractivity contribution in [3.8, 4) is 5.75 Å². The number of carbonyl (C=O) groups is 1. The van der Waals surface area contributed by atoms with E-state index in [0.717, 1.165) is 16.5 Å². The molecule has 0 N–H and O–H groups in total. The zero-order valence-corrected chi connectivity index (χ0v) is 12.8. The van der Waals surface area contributed by atoms with E-state index in [1.54, 1.807) is 18.0 Å². The normalized spacial score (nSPS) is 11.0. The third-order valence-electron chi connectivity index (χ3n) is 3.33. The van der Waals surface area contributed by atoms with Crippen molar-refractivity contribution in [3.63, 3.8) is 0 Å². The Kier molecular flexibility index (Phi) is 3.75. The van der Waals surface area contributed by atoms with Gasteiger partial charge in [-0.3, -0.25) is 9.48 Å². The van der Waals surface area contributed by atoms with E-state index in [1.165, 1.54) is 11.3 Å². The minimum Gasteiger partial charge on any atom is -0.493 e. The second-order valence-electron chi connectivity index (χ2n) is 4.76. The summed E-state index contributed by atoms with van der Waals surface area (Å²) in [5.74, 6) is 0.505. The van der Waals surface area contributed by atoms with Crippen LogP contribution in [0.15, 0.2) is 36.5 Å². The predicted octanol–water partition coefficient (Wildman–Crippen LogP) is 3.75. The van der Waals surface area contributed by atoms with E-state index in [2.05, 4.69) is 12.0 Å². The zero-order chi connectivity index (χ0) is 14.8. The number of thiophene rings is 1. The highest BCUT2D eigenvalue weighted by Gasteiger charge is 2.22. The number of carbonyl (C=O) groups excluding carboxylic acids is 1. The number of aromatic nitrogens is 2. The van der Waals surface area contributed by atoms with E-state index in [4.69, 9.17) is 4.74 Å². The molecule has 4 nitrogen and oxygen atoms in total. The van der Waals surface area contributed by atoms with Crippen LogP contribution in [0.5, 0.6) is 5.75 Å². The number of hydrogen-bond donors (Lipinski definition) is 0. The largest absolute Gasteiger partial charge is 0.493 e. The maximum absolute atomic E-state index is 12.8. The Labute approximate surface area is 127 Å². The fourth-order valence-electron chi connectivity index (χ4n) is 2.34. The number of fused-ring (bicyclic) bond motifs is 1. The third-order valence-corrected chi connectivity index (χ3v) is 4.44. The second-order valence-corrected chi connectivity index (χ2v) is 5.85. The maximum atomic E-state index is 12.8. The summed E-state index contributed by atoms with van der Waals surface area (Å²) in [6.07, 6.45) is 2.52. The van der Waals surface area contributed by atoms with Gasteiger partial charge in [0.2, 0.25) is 5.78 Å². The molecule has 3 rings (SSSR count). The van der Waals surface area contributed by atoms with Gasteiger partial charge in [0, 0.05) is 11.2 Å². The molecule has 0 spiro atoms. The molecular weight excluding hydrogens is 284 g/mol. The Morgan fingerprint density at radius 3 is 2.90 bits per heavy atom. The number of methoxy groups -OCH3 is 1. The number of nitrogens with zero attached hydrogens (tertiary/aromatic N) is 2. The molecule has 108 valence electrons. The quantitative estimate of drug-likeness (QED) is 0.674. The molecule has 2 aromatic heterocycles. The van der Waals surface area contributed by atoms with Crippen LogP contribution in [-0.2, 0) is 6.54 Å². The van der Waals surface area contributed by atoms with Crippen LogP contribution in [0, 0.1) is 0 Å². The Bertz CT molecular complexity index is 756. The molecule has 0 amide bonds. The van der Waals surface area contributed by atoms with Crippen LogP contribution in [0.2, 0.25) is 0 Å².